The first-order chi connectivity index (χ1) is 5.74. The molecular weight excluding hydrogens is 154 g/mol. The van der Waals surface area contributed by atoms with Gasteiger partial charge in [0.15, 0.2) is 0 Å². The Hall–Kier alpha value is -0.570. The van der Waals surface area contributed by atoms with Crippen molar-refractivity contribution in [1.82, 2.24) is 5.32 Å². The Morgan fingerprint density at radius 3 is 2.58 bits per heavy atom. The Labute approximate surface area is 74.5 Å². The average molecular weight is 173 g/mol. The lowest BCUT2D eigenvalue weighted by Gasteiger charge is -2.12. The van der Waals surface area contributed by atoms with Crippen LogP contribution in [0, 0.1) is 0 Å². The second kappa shape index (κ2) is 7.10. The Morgan fingerprint density at radius 1 is 1.50 bits per heavy atom. The maximum absolute atomic E-state index is 10.9. The largest absolute Gasteiger partial charge is 0.466 e. The minimum absolute atomic E-state index is 0.0915. The van der Waals surface area contributed by atoms with Gasteiger partial charge in [-0.05, 0) is 26.8 Å². The summed E-state index contributed by atoms with van der Waals surface area (Å²) in [5.74, 6) is -0.0915. The van der Waals surface area contributed by atoms with Gasteiger partial charge in [-0.3, -0.25) is 4.79 Å². The normalized spacial score (nSPS) is 12.6. The van der Waals surface area contributed by atoms with Crippen molar-refractivity contribution in [3.8, 4) is 0 Å². The third kappa shape index (κ3) is 5.13. The van der Waals surface area contributed by atoms with E-state index in [0.29, 0.717) is 19.1 Å². The number of ether oxygens (including phenoxy) is 1. The Kier molecular flexibility index (Phi) is 6.76. The molecule has 1 unspecified atom stereocenters. The van der Waals surface area contributed by atoms with Crippen molar-refractivity contribution in [2.75, 3.05) is 13.7 Å². The van der Waals surface area contributed by atoms with Crippen molar-refractivity contribution in [3.63, 3.8) is 0 Å². The second-order valence-corrected chi connectivity index (χ2v) is 2.74. The summed E-state index contributed by atoms with van der Waals surface area (Å²) in [7, 11) is 1.92. The first-order valence-electron chi connectivity index (χ1n) is 4.57. The molecule has 0 fully saturated rings. The maximum Gasteiger partial charge on any atom is 0.305 e. The van der Waals surface area contributed by atoms with Gasteiger partial charge in [-0.1, -0.05) is 6.92 Å². The molecule has 12 heavy (non-hydrogen) atoms. The highest BCUT2D eigenvalue weighted by Crippen LogP contribution is 2.01. The molecule has 0 aromatic carbocycles. The second-order valence-electron chi connectivity index (χ2n) is 2.74. The zero-order chi connectivity index (χ0) is 9.40. The summed E-state index contributed by atoms with van der Waals surface area (Å²) in [4.78, 5) is 10.9. The Balaban J connectivity index is 3.44. The number of carbonyl (C=O) groups is 1. The van der Waals surface area contributed by atoms with Crippen LogP contribution in [0.2, 0.25) is 0 Å². The van der Waals surface area contributed by atoms with E-state index in [1.807, 2.05) is 14.0 Å². The van der Waals surface area contributed by atoms with Gasteiger partial charge in [0, 0.05) is 12.5 Å². The third-order valence-electron chi connectivity index (χ3n) is 1.90. The lowest BCUT2D eigenvalue weighted by atomic mass is 10.1. The molecule has 0 saturated carbocycles. The highest BCUT2D eigenvalue weighted by atomic mass is 16.5. The predicted octanol–water partition coefficient (Wildman–Crippen LogP) is 1.33. The monoisotopic (exact) mass is 173 g/mol. The fourth-order valence-corrected chi connectivity index (χ4v) is 1.08. The molecule has 0 radical (unpaired) electrons. The van der Waals surface area contributed by atoms with Gasteiger partial charge < -0.3 is 10.1 Å². The van der Waals surface area contributed by atoms with Crippen molar-refractivity contribution < 1.29 is 9.53 Å². The number of nitrogens with one attached hydrogen (secondary N) is 1. The minimum Gasteiger partial charge on any atom is -0.466 e. The van der Waals surface area contributed by atoms with Crippen molar-refractivity contribution in [2.24, 2.45) is 0 Å². The predicted molar refractivity (Wildman–Crippen MR) is 49.0 cm³/mol. The van der Waals surface area contributed by atoms with Gasteiger partial charge >= 0.3 is 5.97 Å². The van der Waals surface area contributed by atoms with E-state index in [0.717, 1.165) is 12.8 Å². The molecule has 0 aliphatic carbocycles. The van der Waals surface area contributed by atoms with Crippen LogP contribution in [0.1, 0.15) is 33.1 Å². The molecule has 1 N–H and O–H groups in total. The SMILES string of the molecule is CCOC(=O)CCC(CC)NC. The molecule has 0 aliphatic heterocycles. The van der Waals surface area contributed by atoms with Crippen molar-refractivity contribution >= 4 is 5.97 Å². The molecule has 0 aromatic heterocycles. The van der Waals surface area contributed by atoms with Gasteiger partial charge in [0.2, 0.25) is 0 Å². The van der Waals surface area contributed by atoms with Crippen LogP contribution >= 0.6 is 0 Å². The molecule has 0 amide bonds. The Morgan fingerprint density at radius 2 is 2.17 bits per heavy atom. The molecule has 0 aliphatic rings. The molecule has 0 saturated heterocycles. The topological polar surface area (TPSA) is 38.3 Å². The van der Waals surface area contributed by atoms with Gasteiger partial charge in [0.05, 0.1) is 6.61 Å². The van der Waals surface area contributed by atoms with Crippen molar-refractivity contribution in [1.29, 1.82) is 0 Å². The molecule has 0 aromatic rings. The van der Waals surface area contributed by atoms with Gasteiger partial charge in [0.25, 0.3) is 0 Å². The summed E-state index contributed by atoms with van der Waals surface area (Å²) in [6.45, 7) is 4.41. The van der Waals surface area contributed by atoms with E-state index < -0.39 is 0 Å². The van der Waals surface area contributed by atoms with Gasteiger partial charge in [0.1, 0.15) is 0 Å². The summed E-state index contributed by atoms with van der Waals surface area (Å²) in [5, 5.41) is 3.14. The molecule has 3 nitrogen and oxygen atoms in total. The zero-order valence-corrected chi connectivity index (χ0v) is 8.22. The lowest BCUT2D eigenvalue weighted by Crippen LogP contribution is -2.25. The van der Waals surface area contributed by atoms with Crippen LogP contribution in [0.3, 0.4) is 0 Å². The fraction of sp³-hybridized carbons (Fsp3) is 0.889. The molecule has 0 heterocycles. The highest BCUT2D eigenvalue weighted by Gasteiger charge is 2.07. The van der Waals surface area contributed by atoms with Crippen LogP contribution in [-0.4, -0.2) is 25.7 Å². The molecule has 1 atom stereocenters. The van der Waals surface area contributed by atoms with Crippen LogP contribution in [0.25, 0.3) is 0 Å². The van der Waals surface area contributed by atoms with E-state index in [1.165, 1.54) is 0 Å². The third-order valence-corrected chi connectivity index (χ3v) is 1.90. The Bertz CT molecular complexity index is 122. The number of carbonyl (C=O) groups excluding carboxylic acids is 1. The highest BCUT2D eigenvalue weighted by molar-refractivity contribution is 5.69. The van der Waals surface area contributed by atoms with E-state index in [9.17, 15) is 4.79 Å². The van der Waals surface area contributed by atoms with E-state index in [1.54, 1.807) is 0 Å². The molecule has 0 rings (SSSR count). The fourth-order valence-electron chi connectivity index (χ4n) is 1.08. The van der Waals surface area contributed by atoms with Crippen molar-refractivity contribution in [2.45, 2.75) is 39.2 Å². The molecule has 0 bridgehead atoms. The van der Waals surface area contributed by atoms with Crippen LogP contribution in [0.15, 0.2) is 0 Å². The smallest absolute Gasteiger partial charge is 0.305 e. The molecule has 3 heteroatoms. The van der Waals surface area contributed by atoms with Gasteiger partial charge in [-0.15, -0.1) is 0 Å². The first kappa shape index (κ1) is 11.4. The van der Waals surface area contributed by atoms with Gasteiger partial charge in [-0.25, -0.2) is 0 Å². The minimum atomic E-state index is -0.0915. The summed E-state index contributed by atoms with van der Waals surface area (Å²) in [6.07, 6.45) is 2.44. The summed E-state index contributed by atoms with van der Waals surface area (Å²) >= 11 is 0. The average Bonchev–Trinajstić information content (AvgIpc) is 2.07. The molecule has 72 valence electrons. The van der Waals surface area contributed by atoms with Crippen LogP contribution in [0.5, 0.6) is 0 Å². The van der Waals surface area contributed by atoms with E-state index in [-0.39, 0.29) is 5.97 Å². The first-order valence-corrected chi connectivity index (χ1v) is 4.57. The summed E-state index contributed by atoms with van der Waals surface area (Å²) in [6, 6.07) is 0.439. The molecular formula is C9H19NO2. The summed E-state index contributed by atoms with van der Waals surface area (Å²) < 4.78 is 4.81. The number of esters is 1. The lowest BCUT2D eigenvalue weighted by molar-refractivity contribution is -0.143. The molecule has 0 spiro atoms. The number of hydrogen-bond acceptors (Lipinski definition) is 3. The van der Waals surface area contributed by atoms with Gasteiger partial charge in [-0.2, -0.15) is 0 Å². The maximum atomic E-state index is 10.9. The number of rotatable bonds is 6. The van der Waals surface area contributed by atoms with Crippen LogP contribution in [0.4, 0.5) is 0 Å². The van der Waals surface area contributed by atoms with E-state index in [2.05, 4.69) is 12.2 Å². The van der Waals surface area contributed by atoms with Crippen LogP contribution < -0.4 is 5.32 Å². The summed E-state index contributed by atoms with van der Waals surface area (Å²) in [5.41, 5.74) is 0. The zero-order valence-electron chi connectivity index (χ0n) is 8.22. The van der Waals surface area contributed by atoms with Crippen LogP contribution in [-0.2, 0) is 9.53 Å². The number of hydrogen-bond donors (Lipinski definition) is 1. The quantitative estimate of drug-likeness (QED) is 0.616. The van der Waals surface area contributed by atoms with E-state index in [4.69, 9.17) is 4.74 Å². The standard InChI is InChI=1S/C9H19NO2/c1-4-8(10-3)6-7-9(11)12-5-2/h8,10H,4-7H2,1-3H3. The van der Waals surface area contributed by atoms with Crippen molar-refractivity contribution in [3.05, 3.63) is 0 Å². The van der Waals surface area contributed by atoms with E-state index >= 15 is 0 Å².